The first-order chi connectivity index (χ1) is 14.5. The molecule has 2 atom stereocenters. The van der Waals surface area contributed by atoms with Gasteiger partial charge in [-0.1, -0.05) is 17.3 Å². The molecule has 30 heavy (non-hydrogen) atoms. The molecule has 1 aromatic carbocycles. The SMILES string of the molecule is COc1cccc(-c2cc(C(=O)N3C[C@H]4CCc5c(nc(C)[nH]c5=O)[C@H]4C3)no2)c1. The van der Waals surface area contributed by atoms with Gasteiger partial charge < -0.3 is 19.1 Å². The highest BCUT2D eigenvalue weighted by molar-refractivity contribution is 5.93. The van der Waals surface area contributed by atoms with E-state index in [0.29, 0.717) is 42.8 Å². The van der Waals surface area contributed by atoms with Crippen molar-refractivity contribution in [1.29, 1.82) is 0 Å². The lowest BCUT2D eigenvalue weighted by Crippen LogP contribution is -2.29. The molecule has 1 aliphatic carbocycles. The number of nitrogens with one attached hydrogen (secondary N) is 1. The summed E-state index contributed by atoms with van der Waals surface area (Å²) < 4.78 is 10.7. The van der Waals surface area contributed by atoms with Gasteiger partial charge in [0.15, 0.2) is 11.5 Å². The van der Waals surface area contributed by atoms with E-state index >= 15 is 0 Å². The second kappa shape index (κ2) is 7.12. The van der Waals surface area contributed by atoms with Gasteiger partial charge in [-0.25, -0.2) is 4.98 Å². The summed E-state index contributed by atoms with van der Waals surface area (Å²) in [5.74, 6) is 2.07. The largest absolute Gasteiger partial charge is 0.497 e. The third kappa shape index (κ3) is 3.08. The van der Waals surface area contributed by atoms with E-state index in [0.717, 1.165) is 23.2 Å². The molecule has 1 amide bonds. The maximum absolute atomic E-state index is 13.1. The Morgan fingerprint density at radius 3 is 3.00 bits per heavy atom. The van der Waals surface area contributed by atoms with E-state index in [1.807, 2.05) is 24.3 Å². The average molecular weight is 406 g/mol. The fraction of sp³-hybridized carbons (Fsp3) is 0.364. The summed E-state index contributed by atoms with van der Waals surface area (Å²) in [5.41, 5.74) is 2.63. The molecule has 5 rings (SSSR count). The second-order valence-corrected chi connectivity index (χ2v) is 7.94. The number of nitrogens with zero attached hydrogens (tertiary/aromatic N) is 3. The molecule has 8 nitrogen and oxygen atoms in total. The molecule has 2 aliphatic rings. The number of fused-ring (bicyclic) bond motifs is 3. The summed E-state index contributed by atoms with van der Waals surface area (Å²) in [7, 11) is 1.60. The summed E-state index contributed by atoms with van der Waals surface area (Å²) in [6.45, 7) is 2.96. The van der Waals surface area contributed by atoms with Crippen LogP contribution >= 0.6 is 0 Å². The van der Waals surface area contributed by atoms with Crippen LogP contribution in [0.3, 0.4) is 0 Å². The zero-order valence-corrected chi connectivity index (χ0v) is 16.8. The Hall–Kier alpha value is -3.42. The van der Waals surface area contributed by atoms with Crippen LogP contribution in [0.25, 0.3) is 11.3 Å². The Morgan fingerprint density at radius 1 is 1.30 bits per heavy atom. The molecule has 8 heteroatoms. The zero-order valence-electron chi connectivity index (χ0n) is 16.8. The number of likely N-dealkylation sites (tertiary alicyclic amines) is 1. The summed E-state index contributed by atoms with van der Waals surface area (Å²) in [4.78, 5) is 34.6. The van der Waals surface area contributed by atoms with Crippen LogP contribution in [-0.4, -0.2) is 46.1 Å². The van der Waals surface area contributed by atoms with E-state index < -0.39 is 0 Å². The van der Waals surface area contributed by atoms with Crippen molar-refractivity contribution in [3.05, 3.63) is 63.5 Å². The Labute approximate surface area is 172 Å². The maximum Gasteiger partial charge on any atom is 0.276 e. The molecule has 154 valence electrons. The van der Waals surface area contributed by atoms with E-state index in [1.165, 1.54) is 0 Å². The quantitative estimate of drug-likeness (QED) is 0.717. The number of rotatable bonds is 3. The third-order valence-corrected chi connectivity index (χ3v) is 6.09. The molecule has 2 aromatic heterocycles. The van der Waals surface area contributed by atoms with Gasteiger partial charge in [-0.2, -0.15) is 0 Å². The number of carbonyl (C=O) groups is 1. The van der Waals surface area contributed by atoms with Gasteiger partial charge in [0.1, 0.15) is 11.6 Å². The van der Waals surface area contributed by atoms with E-state index in [1.54, 1.807) is 25.0 Å². The highest BCUT2D eigenvalue weighted by Gasteiger charge is 2.41. The molecular weight excluding hydrogens is 384 g/mol. The van der Waals surface area contributed by atoms with Gasteiger partial charge in [0, 0.05) is 36.2 Å². The number of aromatic nitrogens is 3. The third-order valence-electron chi connectivity index (χ3n) is 6.09. The minimum atomic E-state index is -0.162. The van der Waals surface area contributed by atoms with E-state index in [2.05, 4.69) is 15.1 Å². The van der Waals surface area contributed by atoms with Gasteiger partial charge in [0.2, 0.25) is 0 Å². The number of aromatic amines is 1. The first kappa shape index (κ1) is 18.6. The van der Waals surface area contributed by atoms with E-state index in [-0.39, 0.29) is 23.1 Å². The number of aryl methyl sites for hydroxylation is 1. The smallest absolute Gasteiger partial charge is 0.276 e. The zero-order chi connectivity index (χ0) is 20.8. The molecule has 1 N–H and O–H groups in total. The predicted octanol–water partition coefficient (Wildman–Crippen LogP) is 2.54. The molecule has 0 saturated carbocycles. The van der Waals surface area contributed by atoms with Gasteiger partial charge in [0.25, 0.3) is 11.5 Å². The van der Waals surface area contributed by atoms with Crippen LogP contribution in [0.2, 0.25) is 0 Å². The molecule has 3 heterocycles. The first-order valence-corrected chi connectivity index (χ1v) is 10.0. The summed E-state index contributed by atoms with van der Waals surface area (Å²) >= 11 is 0. The lowest BCUT2D eigenvalue weighted by Gasteiger charge is -2.25. The van der Waals surface area contributed by atoms with Crippen LogP contribution < -0.4 is 10.3 Å². The van der Waals surface area contributed by atoms with Crippen LogP contribution in [-0.2, 0) is 6.42 Å². The van der Waals surface area contributed by atoms with Crippen molar-refractivity contribution in [2.24, 2.45) is 5.92 Å². The number of methoxy groups -OCH3 is 1. The van der Waals surface area contributed by atoms with Crippen molar-refractivity contribution >= 4 is 5.91 Å². The fourth-order valence-corrected chi connectivity index (χ4v) is 4.60. The summed E-state index contributed by atoms with van der Waals surface area (Å²) in [6, 6.07) is 9.08. The molecule has 0 radical (unpaired) electrons. The molecule has 0 bridgehead atoms. The number of benzene rings is 1. The lowest BCUT2D eigenvalue weighted by molar-refractivity contribution is 0.0775. The van der Waals surface area contributed by atoms with Crippen molar-refractivity contribution in [3.8, 4) is 17.1 Å². The number of amides is 1. The topological polar surface area (TPSA) is 101 Å². The van der Waals surface area contributed by atoms with Gasteiger partial charge in [0.05, 0.1) is 12.8 Å². The highest BCUT2D eigenvalue weighted by atomic mass is 16.5. The number of hydrogen-bond donors (Lipinski definition) is 1. The first-order valence-electron chi connectivity index (χ1n) is 10.0. The highest BCUT2D eigenvalue weighted by Crippen LogP contribution is 2.40. The molecule has 3 aromatic rings. The lowest BCUT2D eigenvalue weighted by atomic mass is 9.80. The number of H-pyrrole nitrogens is 1. The Kier molecular flexibility index (Phi) is 4.42. The summed E-state index contributed by atoms with van der Waals surface area (Å²) in [5, 5.41) is 4.00. The van der Waals surface area contributed by atoms with Crippen molar-refractivity contribution in [2.75, 3.05) is 20.2 Å². The predicted molar refractivity (Wildman–Crippen MR) is 109 cm³/mol. The molecule has 0 spiro atoms. The number of carbonyl (C=O) groups excluding carboxylic acids is 1. The normalized spacial score (nSPS) is 20.0. The molecule has 1 aliphatic heterocycles. The van der Waals surface area contributed by atoms with Crippen LogP contribution in [0.15, 0.2) is 39.6 Å². The van der Waals surface area contributed by atoms with Crippen molar-refractivity contribution in [2.45, 2.75) is 25.7 Å². The molecule has 1 fully saturated rings. The van der Waals surface area contributed by atoms with Gasteiger partial charge >= 0.3 is 0 Å². The van der Waals surface area contributed by atoms with Crippen LogP contribution in [0.1, 0.15) is 39.9 Å². The van der Waals surface area contributed by atoms with Crippen molar-refractivity contribution < 1.29 is 14.1 Å². The molecule has 0 unspecified atom stereocenters. The van der Waals surface area contributed by atoms with Crippen molar-refractivity contribution in [3.63, 3.8) is 0 Å². The Balaban J connectivity index is 1.38. The average Bonchev–Trinajstić information content (AvgIpc) is 3.41. The fourth-order valence-electron chi connectivity index (χ4n) is 4.60. The van der Waals surface area contributed by atoms with E-state index in [9.17, 15) is 9.59 Å². The monoisotopic (exact) mass is 406 g/mol. The standard InChI is InChI=1S/C22H22N4O4/c1-12-23-20-16(21(27)24-12)7-6-14-10-26(11-17(14)20)22(28)18-9-19(30-25-18)13-4-3-5-15(8-13)29-2/h3-5,8-9,14,17H,6-7,10-11H2,1-2H3,(H,23,24,27)/t14-,17+/m1/s1. The Morgan fingerprint density at radius 2 is 2.17 bits per heavy atom. The van der Waals surface area contributed by atoms with Gasteiger partial charge in [-0.05, 0) is 37.8 Å². The van der Waals surface area contributed by atoms with Crippen LogP contribution in [0, 0.1) is 12.8 Å². The number of ether oxygens (including phenoxy) is 1. The molecular formula is C22H22N4O4. The van der Waals surface area contributed by atoms with Crippen LogP contribution in [0.5, 0.6) is 5.75 Å². The maximum atomic E-state index is 13.1. The van der Waals surface area contributed by atoms with Crippen LogP contribution in [0.4, 0.5) is 0 Å². The Bertz CT molecular complexity index is 1180. The minimum absolute atomic E-state index is 0.0554. The molecule has 1 saturated heterocycles. The van der Waals surface area contributed by atoms with E-state index in [4.69, 9.17) is 9.26 Å². The number of hydrogen-bond acceptors (Lipinski definition) is 6. The second-order valence-electron chi connectivity index (χ2n) is 7.94. The van der Waals surface area contributed by atoms with Crippen molar-refractivity contribution in [1.82, 2.24) is 20.0 Å². The van der Waals surface area contributed by atoms with Gasteiger partial charge in [-0.3, -0.25) is 9.59 Å². The van der Waals surface area contributed by atoms with Gasteiger partial charge in [-0.15, -0.1) is 0 Å². The summed E-state index contributed by atoms with van der Waals surface area (Å²) in [6.07, 6.45) is 1.58. The minimum Gasteiger partial charge on any atom is -0.497 e.